The van der Waals surface area contributed by atoms with Gasteiger partial charge in [0.05, 0.1) is 23.4 Å². The molecule has 25 heavy (non-hydrogen) atoms. The molecule has 0 unspecified atom stereocenters. The minimum Gasteiger partial charge on any atom is -0.490 e. The van der Waals surface area contributed by atoms with E-state index in [2.05, 4.69) is 31.1 Å². The highest BCUT2D eigenvalue weighted by molar-refractivity contribution is 6.00. The first-order chi connectivity index (χ1) is 12.0. The summed E-state index contributed by atoms with van der Waals surface area (Å²) in [6, 6.07) is 13.9. The van der Waals surface area contributed by atoms with Crippen molar-refractivity contribution in [2.45, 2.75) is 39.7 Å². The topological polar surface area (TPSA) is 43.6 Å². The molecule has 0 N–H and O–H groups in total. The Morgan fingerprint density at radius 3 is 2.72 bits per heavy atom. The van der Waals surface area contributed by atoms with Gasteiger partial charge in [-0.05, 0) is 62.4 Å². The molecule has 0 amide bonds. The number of fused-ring (bicyclic) bond motifs is 1. The lowest BCUT2D eigenvalue weighted by molar-refractivity contribution is 0.0738. The summed E-state index contributed by atoms with van der Waals surface area (Å²) < 4.78 is 7.49. The number of ketones is 1. The molecule has 2 heterocycles. The molecule has 0 spiro atoms. The Morgan fingerprint density at radius 2 is 2.04 bits per heavy atom. The van der Waals surface area contributed by atoms with E-state index < -0.39 is 0 Å². The van der Waals surface area contributed by atoms with Crippen molar-refractivity contribution in [1.29, 1.82) is 0 Å². The van der Waals surface area contributed by atoms with Gasteiger partial charge in [0.1, 0.15) is 5.75 Å². The normalized spacial score (nSPS) is 18.8. The molecule has 0 aliphatic heterocycles. The highest BCUT2D eigenvalue weighted by atomic mass is 16.5. The maximum absolute atomic E-state index is 11.1. The van der Waals surface area contributed by atoms with Crippen LogP contribution in [0, 0.1) is 12.8 Å². The summed E-state index contributed by atoms with van der Waals surface area (Å²) in [5, 5.41) is 4.04. The van der Waals surface area contributed by atoms with E-state index in [4.69, 9.17) is 4.74 Å². The Labute approximate surface area is 149 Å². The molecule has 0 atom stereocenters. The van der Waals surface area contributed by atoms with Crippen molar-refractivity contribution >= 4 is 11.3 Å². The lowest BCUT2D eigenvalue weighted by atomic mass is 9.84. The van der Waals surface area contributed by atoms with Gasteiger partial charge in [0, 0.05) is 7.62 Å². The van der Waals surface area contributed by atoms with Gasteiger partial charge in [0.25, 0.3) is 0 Å². The van der Waals surface area contributed by atoms with E-state index in [1.165, 1.54) is 18.4 Å². The van der Waals surface area contributed by atoms with E-state index in [1.54, 1.807) is 17.6 Å². The maximum Gasteiger partial charge on any atom is 0.163 e. The fraction of sp³-hybridized carbons (Fsp3) is 0.333. The average Bonchev–Trinajstić information content (AvgIpc) is 2.98. The highest BCUT2D eigenvalue weighted by Gasteiger charge is 2.26. The molecule has 4 rings (SSSR count). The van der Waals surface area contributed by atoms with Crippen LogP contribution in [-0.2, 0) is 0 Å². The summed E-state index contributed by atoms with van der Waals surface area (Å²) in [4.78, 5) is 11.1. The number of carbonyl (C=O) groups excluding carboxylic acids is 1. The van der Waals surface area contributed by atoms with Crippen molar-refractivity contribution in [3.8, 4) is 5.75 Å². The summed E-state index contributed by atoms with van der Waals surface area (Å²) in [5.74, 6) is 1.93. The Balaban J connectivity index is 0.000000180. The first-order valence-corrected chi connectivity index (χ1v) is 8.69. The van der Waals surface area contributed by atoms with Gasteiger partial charge in [-0.25, -0.2) is 4.52 Å². The van der Waals surface area contributed by atoms with E-state index in [0.717, 1.165) is 17.2 Å². The number of hydrogen-bond donors (Lipinski definition) is 0. The highest BCUT2D eigenvalue weighted by Crippen LogP contribution is 2.30. The van der Waals surface area contributed by atoms with E-state index in [-0.39, 0.29) is 7.21 Å². The molecule has 0 saturated heterocycles. The molecule has 3 aromatic rings. The number of nitrogens with zero attached hydrogens (tertiary/aromatic N) is 2. The third-order valence-electron chi connectivity index (χ3n) is 4.43. The minimum absolute atomic E-state index is 0. The molecule has 1 aliphatic rings. The Kier molecular flexibility index (Phi) is 5.17. The molecular weight excluding hydrogens is 312 g/mol. The molecule has 1 aliphatic carbocycles. The van der Waals surface area contributed by atoms with Gasteiger partial charge in [-0.15, -0.1) is 0 Å². The van der Waals surface area contributed by atoms with Crippen LogP contribution in [0.15, 0.2) is 54.9 Å². The summed E-state index contributed by atoms with van der Waals surface area (Å²) in [6.45, 7) is 5.91. The monoisotopic (exact) mass is 338 g/mol. The van der Waals surface area contributed by atoms with Gasteiger partial charge < -0.3 is 4.74 Å². The third-order valence-corrected chi connectivity index (χ3v) is 4.43. The predicted octanol–water partition coefficient (Wildman–Crippen LogP) is 4.96. The van der Waals surface area contributed by atoms with Crippen LogP contribution in [0.4, 0.5) is 0 Å². The van der Waals surface area contributed by atoms with Gasteiger partial charge in [-0.1, -0.05) is 25.1 Å². The van der Waals surface area contributed by atoms with Crippen molar-refractivity contribution < 1.29 is 11.0 Å². The molecule has 4 heteroatoms. The van der Waals surface area contributed by atoms with Crippen molar-refractivity contribution in [2.75, 3.05) is 0 Å². The third kappa shape index (κ3) is 4.27. The first-order valence-electron chi connectivity index (χ1n) is 8.69. The second-order valence-electron chi connectivity index (χ2n) is 6.78. The summed E-state index contributed by atoms with van der Waals surface area (Å²) in [7, 11) is 0. The Hall–Kier alpha value is -2.62. The molecule has 2 aromatic heterocycles. The largest absolute Gasteiger partial charge is 0.490 e. The lowest BCUT2D eigenvalue weighted by Gasteiger charge is -2.32. The van der Waals surface area contributed by atoms with Crippen LogP contribution < -0.4 is 4.74 Å². The van der Waals surface area contributed by atoms with Crippen LogP contribution in [0.1, 0.15) is 44.0 Å². The number of carbonyl (C=O) groups is 1. The zero-order valence-electron chi connectivity index (χ0n) is 15.0. The van der Waals surface area contributed by atoms with Gasteiger partial charge in [0.15, 0.2) is 5.78 Å². The van der Waals surface area contributed by atoms with Gasteiger partial charge in [-0.2, -0.15) is 5.10 Å². The van der Waals surface area contributed by atoms with E-state index in [0.29, 0.717) is 11.7 Å². The number of rotatable bonds is 3. The fourth-order valence-electron chi connectivity index (χ4n) is 3.01. The summed E-state index contributed by atoms with van der Waals surface area (Å²) in [6.07, 6.45) is 6.32. The number of ether oxygens (including phenoxy) is 1. The first kappa shape index (κ1) is 17.2. The van der Waals surface area contributed by atoms with Crippen LogP contribution in [0.5, 0.6) is 5.75 Å². The number of benzene rings is 1. The number of aromatic nitrogens is 2. The van der Waals surface area contributed by atoms with E-state index >= 15 is 0 Å². The van der Waals surface area contributed by atoms with Gasteiger partial charge >= 0.3 is 0 Å². The molecule has 1 saturated carbocycles. The SMILES string of the molecule is CC(=O)c1cnn2ccccc12.Cc1cccc(OC2CC(C)C2)c1.[HH]. The number of Topliss-reactive ketones (excluding diaryl/α,β-unsaturated/α-hetero) is 1. The molecule has 1 aromatic carbocycles. The van der Waals surface area contributed by atoms with Crippen LogP contribution in [0.3, 0.4) is 0 Å². The quantitative estimate of drug-likeness (QED) is 0.634. The Morgan fingerprint density at radius 1 is 1.24 bits per heavy atom. The fourth-order valence-corrected chi connectivity index (χ4v) is 3.01. The van der Waals surface area contributed by atoms with Crippen molar-refractivity contribution in [1.82, 2.24) is 9.61 Å². The Bertz CT molecular complexity index is 869. The van der Waals surface area contributed by atoms with Crippen LogP contribution in [0.2, 0.25) is 0 Å². The maximum atomic E-state index is 11.1. The van der Waals surface area contributed by atoms with Crippen molar-refractivity contribution in [3.63, 3.8) is 0 Å². The number of pyridine rings is 1. The second-order valence-corrected chi connectivity index (χ2v) is 6.78. The standard InChI is InChI=1S/C12H16O.C9H8N2O.H2/c1-9-4-3-5-11(6-9)13-12-7-10(2)8-12;1-7(12)8-6-10-11-5-3-2-4-9(8)11;/h3-6,10,12H,7-8H2,1-2H3;2-6H,1H3;1H. The van der Waals surface area contributed by atoms with Crippen LogP contribution >= 0.6 is 0 Å². The van der Waals surface area contributed by atoms with Crippen LogP contribution in [-0.4, -0.2) is 21.5 Å². The smallest absolute Gasteiger partial charge is 0.163 e. The second kappa shape index (κ2) is 7.51. The van der Waals surface area contributed by atoms with Crippen LogP contribution in [0.25, 0.3) is 5.52 Å². The molecular formula is C21H26N2O2. The molecule has 4 nitrogen and oxygen atoms in total. The van der Waals surface area contributed by atoms with Gasteiger partial charge in [0.2, 0.25) is 0 Å². The predicted molar refractivity (Wildman–Crippen MR) is 101 cm³/mol. The zero-order valence-corrected chi connectivity index (χ0v) is 15.0. The average molecular weight is 338 g/mol. The van der Waals surface area contributed by atoms with E-state index in [1.807, 2.05) is 36.5 Å². The number of hydrogen-bond acceptors (Lipinski definition) is 3. The minimum atomic E-state index is 0. The van der Waals surface area contributed by atoms with Crippen molar-refractivity contribution in [2.24, 2.45) is 5.92 Å². The molecule has 0 bridgehead atoms. The molecule has 132 valence electrons. The number of aryl methyl sites for hydroxylation is 1. The zero-order chi connectivity index (χ0) is 17.8. The molecule has 0 radical (unpaired) electrons. The summed E-state index contributed by atoms with van der Waals surface area (Å²) >= 11 is 0. The summed E-state index contributed by atoms with van der Waals surface area (Å²) in [5.41, 5.74) is 2.81. The lowest BCUT2D eigenvalue weighted by Crippen LogP contribution is -2.31. The molecule has 1 fully saturated rings. The van der Waals surface area contributed by atoms with Crippen molar-refractivity contribution in [3.05, 3.63) is 66.0 Å². The van der Waals surface area contributed by atoms with E-state index in [9.17, 15) is 4.79 Å². The van der Waals surface area contributed by atoms with Gasteiger partial charge in [-0.3, -0.25) is 4.79 Å².